The Morgan fingerprint density at radius 2 is 1.83 bits per heavy atom. The van der Waals surface area contributed by atoms with E-state index in [9.17, 15) is 14.9 Å². The van der Waals surface area contributed by atoms with E-state index in [1.165, 1.54) is 18.2 Å². The molecule has 2 rings (SSSR count). The predicted octanol–water partition coefficient (Wildman–Crippen LogP) is 2.48. The topological polar surface area (TPSA) is 90.7 Å². The van der Waals surface area contributed by atoms with Crippen LogP contribution in [-0.2, 0) is 4.79 Å². The molecular formula is C17H18N2O5. The number of carbonyl (C=O) groups is 1. The molecule has 126 valence electrons. The van der Waals surface area contributed by atoms with Crippen LogP contribution >= 0.6 is 0 Å². The Hall–Kier alpha value is -3.09. The number of rotatable bonds is 8. The second-order valence-corrected chi connectivity index (χ2v) is 5.02. The van der Waals surface area contributed by atoms with Crippen LogP contribution in [0.2, 0.25) is 0 Å². The van der Waals surface area contributed by atoms with E-state index in [1.807, 2.05) is 31.2 Å². The van der Waals surface area contributed by atoms with Crippen LogP contribution in [0.25, 0.3) is 0 Å². The summed E-state index contributed by atoms with van der Waals surface area (Å²) in [4.78, 5) is 22.0. The SMILES string of the molecule is Cc1ccc(OCCNC(=O)COc2ccccc2[N+](=O)[O-])cc1. The number of nitro benzene ring substituents is 1. The molecule has 0 heterocycles. The standard InChI is InChI=1S/C17H18N2O5/c1-13-6-8-14(9-7-13)23-11-10-18-17(20)12-24-16-5-3-2-4-15(16)19(21)22/h2-9H,10-12H2,1H3,(H,18,20). The summed E-state index contributed by atoms with van der Waals surface area (Å²) in [6, 6.07) is 13.5. The lowest BCUT2D eigenvalue weighted by Crippen LogP contribution is -2.32. The van der Waals surface area contributed by atoms with Gasteiger partial charge in [-0.15, -0.1) is 0 Å². The molecule has 7 nitrogen and oxygen atoms in total. The zero-order valence-electron chi connectivity index (χ0n) is 13.2. The normalized spacial score (nSPS) is 10.0. The molecule has 24 heavy (non-hydrogen) atoms. The van der Waals surface area contributed by atoms with Crippen LogP contribution in [0.3, 0.4) is 0 Å². The van der Waals surface area contributed by atoms with Crippen molar-refractivity contribution in [2.75, 3.05) is 19.8 Å². The van der Waals surface area contributed by atoms with Crippen LogP contribution in [0.4, 0.5) is 5.69 Å². The predicted molar refractivity (Wildman–Crippen MR) is 88.3 cm³/mol. The lowest BCUT2D eigenvalue weighted by atomic mass is 10.2. The van der Waals surface area contributed by atoms with Crippen LogP contribution in [0.1, 0.15) is 5.56 Å². The monoisotopic (exact) mass is 330 g/mol. The molecule has 2 aromatic rings. The smallest absolute Gasteiger partial charge is 0.310 e. The van der Waals surface area contributed by atoms with Crippen LogP contribution in [0.15, 0.2) is 48.5 Å². The number of nitrogens with zero attached hydrogens (tertiary/aromatic N) is 1. The number of hydrogen-bond acceptors (Lipinski definition) is 5. The van der Waals surface area contributed by atoms with Gasteiger partial charge in [0, 0.05) is 6.07 Å². The molecule has 0 bridgehead atoms. The van der Waals surface area contributed by atoms with Crippen molar-refractivity contribution in [3.05, 3.63) is 64.2 Å². The van der Waals surface area contributed by atoms with Gasteiger partial charge in [0.25, 0.3) is 5.91 Å². The van der Waals surface area contributed by atoms with E-state index >= 15 is 0 Å². The first-order valence-corrected chi connectivity index (χ1v) is 7.38. The number of carbonyl (C=O) groups excluding carboxylic acids is 1. The highest BCUT2D eigenvalue weighted by Gasteiger charge is 2.14. The van der Waals surface area contributed by atoms with E-state index in [4.69, 9.17) is 9.47 Å². The molecule has 2 aromatic carbocycles. The third-order valence-corrected chi connectivity index (χ3v) is 3.13. The number of amides is 1. The molecule has 1 amide bonds. The fourth-order valence-electron chi connectivity index (χ4n) is 1.92. The molecule has 0 aliphatic carbocycles. The third-order valence-electron chi connectivity index (χ3n) is 3.13. The Labute approximate surface area is 139 Å². The quantitative estimate of drug-likeness (QED) is 0.456. The molecular weight excluding hydrogens is 312 g/mol. The van der Waals surface area contributed by atoms with Gasteiger partial charge in [0.05, 0.1) is 11.5 Å². The van der Waals surface area contributed by atoms with Crippen molar-refractivity contribution in [2.24, 2.45) is 0 Å². The second kappa shape index (κ2) is 8.52. The van der Waals surface area contributed by atoms with Gasteiger partial charge in [-0.1, -0.05) is 29.8 Å². The fraction of sp³-hybridized carbons (Fsp3) is 0.235. The molecule has 0 spiro atoms. The minimum absolute atomic E-state index is 0.0635. The Morgan fingerprint density at radius 3 is 2.54 bits per heavy atom. The van der Waals surface area contributed by atoms with Crippen LogP contribution in [0.5, 0.6) is 11.5 Å². The van der Waals surface area contributed by atoms with E-state index in [0.29, 0.717) is 13.2 Å². The van der Waals surface area contributed by atoms with Crippen LogP contribution in [-0.4, -0.2) is 30.6 Å². The number of para-hydroxylation sites is 2. The summed E-state index contributed by atoms with van der Waals surface area (Å²) in [7, 11) is 0. The Morgan fingerprint density at radius 1 is 1.12 bits per heavy atom. The highest BCUT2D eigenvalue weighted by Crippen LogP contribution is 2.25. The van der Waals surface area contributed by atoms with Gasteiger partial charge >= 0.3 is 5.69 Å². The summed E-state index contributed by atoms with van der Waals surface area (Å²) in [6.45, 7) is 2.32. The number of hydrogen-bond donors (Lipinski definition) is 1. The van der Waals surface area contributed by atoms with Gasteiger partial charge in [-0.25, -0.2) is 0 Å². The van der Waals surface area contributed by atoms with E-state index in [-0.39, 0.29) is 24.0 Å². The summed E-state index contributed by atoms with van der Waals surface area (Å²) in [5, 5.41) is 13.5. The lowest BCUT2D eigenvalue weighted by molar-refractivity contribution is -0.385. The number of nitro groups is 1. The number of ether oxygens (including phenoxy) is 2. The van der Waals surface area contributed by atoms with Crippen molar-refractivity contribution < 1.29 is 19.2 Å². The molecule has 1 N–H and O–H groups in total. The van der Waals surface area contributed by atoms with Crippen LogP contribution < -0.4 is 14.8 Å². The molecule has 0 radical (unpaired) electrons. The number of nitrogens with one attached hydrogen (secondary N) is 1. The minimum atomic E-state index is -0.553. The highest BCUT2D eigenvalue weighted by molar-refractivity contribution is 5.77. The van der Waals surface area contributed by atoms with E-state index in [2.05, 4.69) is 5.32 Å². The molecule has 0 aromatic heterocycles. The summed E-state index contributed by atoms with van der Waals surface area (Å²) in [6.07, 6.45) is 0. The van der Waals surface area contributed by atoms with E-state index in [0.717, 1.165) is 11.3 Å². The maximum Gasteiger partial charge on any atom is 0.310 e. The van der Waals surface area contributed by atoms with Crippen molar-refractivity contribution in [1.82, 2.24) is 5.32 Å². The first kappa shape index (κ1) is 17.3. The summed E-state index contributed by atoms with van der Waals surface area (Å²) >= 11 is 0. The zero-order chi connectivity index (χ0) is 17.4. The molecule has 0 unspecified atom stereocenters. The fourth-order valence-corrected chi connectivity index (χ4v) is 1.92. The summed E-state index contributed by atoms with van der Waals surface area (Å²) in [5.41, 5.74) is 0.968. The Balaban J connectivity index is 1.70. The molecule has 0 fully saturated rings. The maximum atomic E-state index is 11.7. The summed E-state index contributed by atoms with van der Waals surface area (Å²) < 4.78 is 10.7. The molecule has 0 saturated heterocycles. The second-order valence-electron chi connectivity index (χ2n) is 5.02. The lowest BCUT2D eigenvalue weighted by Gasteiger charge is -2.09. The van der Waals surface area contributed by atoms with Crippen molar-refractivity contribution in [3.63, 3.8) is 0 Å². The minimum Gasteiger partial charge on any atom is -0.492 e. The molecule has 0 atom stereocenters. The Kier molecular flexibility index (Phi) is 6.13. The van der Waals surface area contributed by atoms with Gasteiger partial charge in [-0.05, 0) is 25.1 Å². The molecule has 0 saturated carbocycles. The molecule has 7 heteroatoms. The van der Waals surface area contributed by atoms with Gasteiger partial charge in [0.2, 0.25) is 0 Å². The molecule has 0 aliphatic heterocycles. The average Bonchev–Trinajstić information content (AvgIpc) is 2.58. The largest absolute Gasteiger partial charge is 0.492 e. The summed E-state index contributed by atoms with van der Waals surface area (Å²) in [5.74, 6) is 0.417. The van der Waals surface area contributed by atoms with Crippen molar-refractivity contribution in [3.8, 4) is 11.5 Å². The van der Waals surface area contributed by atoms with Crippen LogP contribution in [0, 0.1) is 17.0 Å². The number of aryl methyl sites for hydroxylation is 1. The average molecular weight is 330 g/mol. The van der Waals surface area contributed by atoms with E-state index in [1.54, 1.807) is 6.07 Å². The van der Waals surface area contributed by atoms with Gasteiger partial charge < -0.3 is 14.8 Å². The van der Waals surface area contributed by atoms with Gasteiger partial charge in [0.1, 0.15) is 12.4 Å². The van der Waals surface area contributed by atoms with Gasteiger partial charge in [-0.2, -0.15) is 0 Å². The molecule has 0 aliphatic rings. The van der Waals surface area contributed by atoms with Crippen molar-refractivity contribution in [1.29, 1.82) is 0 Å². The maximum absolute atomic E-state index is 11.7. The first-order valence-electron chi connectivity index (χ1n) is 7.38. The number of benzene rings is 2. The first-order chi connectivity index (χ1) is 11.6. The highest BCUT2D eigenvalue weighted by atomic mass is 16.6. The Bertz CT molecular complexity index is 700. The zero-order valence-corrected chi connectivity index (χ0v) is 13.2. The van der Waals surface area contributed by atoms with Crippen molar-refractivity contribution in [2.45, 2.75) is 6.92 Å². The van der Waals surface area contributed by atoms with Gasteiger partial charge in [-0.3, -0.25) is 14.9 Å². The van der Waals surface area contributed by atoms with E-state index < -0.39 is 4.92 Å². The van der Waals surface area contributed by atoms with Crippen molar-refractivity contribution >= 4 is 11.6 Å². The van der Waals surface area contributed by atoms with Gasteiger partial charge in [0.15, 0.2) is 12.4 Å². The third kappa shape index (κ3) is 5.28.